The van der Waals surface area contributed by atoms with Gasteiger partial charge in [0.1, 0.15) is 40.7 Å². The number of methoxy groups -OCH3 is 3. The molecule has 0 radical (unpaired) electrons. The van der Waals surface area contributed by atoms with E-state index < -0.39 is 98.3 Å². The predicted molar refractivity (Wildman–Crippen MR) is 320 cm³/mol. The molecule has 3 aromatic heterocycles. The molecule has 20 nitrogen and oxygen atoms in total. The quantitative estimate of drug-likeness (QED) is 0.0699. The number of carbonyl (C=O) groups excluding carboxylic acids is 6. The molecule has 4 fully saturated rings. The van der Waals surface area contributed by atoms with E-state index in [0.29, 0.717) is 44.2 Å². The molecule has 6 aromatic rings. The summed E-state index contributed by atoms with van der Waals surface area (Å²) in [5.74, 6) is -8.84. The molecule has 27 heteroatoms. The van der Waals surface area contributed by atoms with Gasteiger partial charge in [-0.05, 0) is 94.4 Å². The molecule has 1 aliphatic carbocycles. The van der Waals surface area contributed by atoms with E-state index >= 15 is 0 Å². The molecule has 3 saturated heterocycles. The number of halogens is 7. The SMILES string of the molecule is COc1c2n(cc(C(=O)CCc3c(F)cc(F)cc3F)c1=O)C[C@@H]1C[C@@H]3CC[C@@H](C3)N1C2=O.COc1c2n(cc(C(=O)CCc3ccc(F)cc3F)c1=O)C[C@@H]1OCC[C@@H](C)N1C2=O.COc1c2n(cc(C(=O)CCc3ccc(F)cc3F)c1=O)C[C@H]1OC[C@H](C)N1C2=O. The van der Waals surface area contributed by atoms with Gasteiger partial charge < -0.3 is 52.1 Å². The van der Waals surface area contributed by atoms with Crippen molar-refractivity contribution in [2.75, 3.05) is 34.5 Å². The van der Waals surface area contributed by atoms with E-state index in [4.69, 9.17) is 23.7 Å². The van der Waals surface area contributed by atoms with Gasteiger partial charge >= 0.3 is 0 Å². The fraction of sp³-hybridized carbons (Fsp3) is 0.418. The maximum Gasteiger partial charge on any atom is 0.276 e. The first kappa shape index (κ1) is 66.2. The first-order valence-electron chi connectivity index (χ1n) is 30.7. The summed E-state index contributed by atoms with van der Waals surface area (Å²) in [4.78, 5) is 122. The molecule has 2 bridgehead atoms. The number of aromatic nitrogens is 3. The monoisotopic (exact) mass is 1310 g/mol. The lowest BCUT2D eigenvalue weighted by molar-refractivity contribution is -0.112. The Hall–Kier alpha value is -9.24. The van der Waals surface area contributed by atoms with Crippen LogP contribution < -0.4 is 30.5 Å². The summed E-state index contributed by atoms with van der Waals surface area (Å²) in [6, 6.07) is 7.33. The Labute approximate surface area is 532 Å². The van der Waals surface area contributed by atoms with Crippen molar-refractivity contribution in [1.82, 2.24) is 28.4 Å². The zero-order valence-corrected chi connectivity index (χ0v) is 51.8. The average Bonchev–Trinajstić information content (AvgIpc) is 1.12. The number of carbonyl (C=O) groups is 6. The third kappa shape index (κ3) is 12.6. The van der Waals surface area contributed by atoms with Gasteiger partial charge in [-0.25, -0.2) is 30.7 Å². The second kappa shape index (κ2) is 27.0. The average molecular weight is 1310 g/mol. The minimum absolute atomic E-state index is 0.00438. The summed E-state index contributed by atoms with van der Waals surface area (Å²) in [5, 5.41) is 0. The zero-order valence-electron chi connectivity index (χ0n) is 51.8. The summed E-state index contributed by atoms with van der Waals surface area (Å²) in [6.07, 6.45) is 6.65. The second-order valence-electron chi connectivity index (χ2n) is 24.3. The largest absolute Gasteiger partial charge is 0.491 e. The molecule has 7 atom stereocenters. The standard InChI is InChI=1S/C24H23F3N2O4.C22H22F2N2O5.C21H20F2N2O5/c1-33-23-21-24(32)29-14-3-2-12(6-14)7-15(29)10-28(21)11-17(22(23)31)20(30)5-4-16-18(26)8-13(25)9-19(16)27;1-12-7-8-31-18-11-25-10-15(20(28)21(30-2)19(25)22(29)26(12)18)17(27)6-4-13-3-5-14(23)9-16(13)24;1-11-10-30-17-9-24-8-14(19(27)20(29-2)18(24)21(28)25(11)17)16(26)6-4-12-3-5-13(22)7-15(12)23/h8-9,11-12,14-15H,2-7,10H2,1H3;3,5,9-10,12,18H,4,6-8,11H2,1-2H3;3,5,7-8,11,17H,4,6,9-10H2,1-2H3/t12-,14+,15+;12-,18+;11-,17+/m110/s1. The maximum atomic E-state index is 13.9. The minimum atomic E-state index is -1.09. The summed E-state index contributed by atoms with van der Waals surface area (Å²) in [7, 11) is 3.81. The van der Waals surface area contributed by atoms with Gasteiger partial charge in [-0.2, -0.15) is 0 Å². The van der Waals surface area contributed by atoms with Gasteiger partial charge in [0.15, 0.2) is 64.1 Å². The molecule has 7 aliphatic rings. The summed E-state index contributed by atoms with van der Waals surface area (Å²) >= 11 is 0. The molecule has 3 amide bonds. The minimum Gasteiger partial charge on any atom is -0.491 e. The lowest BCUT2D eigenvalue weighted by Gasteiger charge is -2.45. The van der Waals surface area contributed by atoms with Gasteiger partial charge in [-0.1, -0.05) is 12.1 Å². The molecule has 0 unspecified atom stereocenters. The Morgan fingerprint density at radius 3 is 1.36 bits per heavy atom. The number of rotatable bonds is 15. The predicted octanol–water partition coefficient (Wildman–Crippen LogP) is 8.18. The fourth-order valence-corrected chi connectivity index (χ4v) is 13.8. The molecule has 1 saturated carbocycles. The zero-order chi connectivity index (χ0) is 67.3. The second-order valence-corrected chi connectivity index (χ2v) is 24.3. The fourth-order valence-electron chi connectivity index (χ4n) is 13.8. The number of fused-ring (bicyclic) bond motifs is 9. The van der Waals surface area contributed by atoms with Crippen LogP contribution in [0.2, 0.25) is 0 Å². The molecule has 9 heterocycles. The van der Waals surface area contributed by atoms with Crippen LogP contribution >= 0.6 is 0 Å². The number of pyridine rings is 3. The topological polar surface area (TPSA) is 224 Å². The van der Waals surface area contributed by atoms with Gasteiger partial charge in [-0.15, -0.1) is 0 Å². The molecule has 94 heavy (non-hydrogen) atoms. The molecule has 13 rings (SSSR count). The van der Waals surface area contributed by atoms with E-state index in [1.807, 2.05) is 18.7 Å². The smallest absolute Gasteiger partial charge is 0.276 e. The molecule has 3 aromatic carbocycles. The van der Waals surface area contributed by atoms with Crippen molar-refractivity contribution in [3.63, 3.8) is 0 Å². The van der Waals surface area contributed by atoms with Crippen LogP contribution in [0.4, 0.5) is 30.7 Å². The number of piperidine rings is 1. The van der Waals surface area contributed by atoms with Crippen molar-refractivity contribution in [2.24, 2.45) is 5.92 Å². The number of ether oxygens (including phenoxy) is 5. The van der Waals surface area contributed by atoms with Crippen LogP contribution in [0.3, 0.4) is 0 Å². The van der Waals surface area contributed by atoms with Gasteiger partial charge in [-0.3, -0.25) is 43.2 Å². The highest BCUT2D eigenvalue weighted by Gasteiger charge is 2.48. The van der Waals surface area contributed by atoms with E-state index in [2.05, 4.69) is 0 Å². The highest BCUT2D eigenvalue weighted by molar-refractivity contribution is 6.02. The van der Waals surface area contributed by atoms with Gasteiger partial charge in [0.2, 0.25) is 16.3 Å². The summed E-state index contributed by atoms with van der Waals surface area (Å²) < 4.78 is 127. The Kier molecular flexibility index (Phi) is 19.0. The van der Waals surface area contributed by atoms with Crippen LogP contribution in [0.5, 0.6) is 17.2 Å². The van der Waals surface area contributed by atoms with Crippen molar-refractivity contribution in [3.05, 3.63) is 189 Å². The van der Waals surface area contributed by atoms with Crippen LogP contribution in [0.15, 0.2) is 81.5 Å². The Morgan fingerprint density at radius 1 is 0.479 bits per heavy atom. The van der Waals surface area contributed by atoms with Gasteiger partial charge in [0.25, 0.3) is 17.7 Å². The summed E-state index contributed by atoms with van der Waals surface area (Å²) in [6.45, 7) is 5.63. The third-order valence-electron chi connectivity index (χ3n) is 18.5. The third-order valence-corrected chi connectivity index (χ3v) is 18.5. The Balaban J connectivity index is 0.000000144. The number of hydrogen-bond donors (Lipinski definition) is 0. The van der Waals surface area contributed by atoms with E-state index in [-0.39, 0.29) is 150 Å². The van der Waals surface area contributed by atoms with E-state index in [1.54, 1.807) is 14.4 Å². The normalized spacial score (nSPS) is 21.3. The molecule has 6 aliphatic heterocycles. The number of amides is 3. The van der Waals surface area contributed by atoms with Crippen molar-refractivity contribution >= 4 is 35.1 Å². The Morgan fingerprint density at radius 2 is 0.894 bits per heavy atom. The Bertz CT molecular complexity index is 4260. The van der Waals surface area contributed by atoms with Crippen LogP contribution in [0.25, 0.3) is 0 Å². The van der Waals surface area contributed by atoms with Crippen molar-refractivity contribution in [3.8, 4) is 17.2 Å². The highest BCUT2D eigenvalue weighted by atomic mass is 19.2. The van der Waals surface area contributed by atoms with Crippen molar-refractivity contribution in [2.45, 2.75) is 141 Å². The van der Waals surface area contributed by atoms with E-state index in [9.17, 15) is 73.9 Å². The first-order valence-corrected chi connectivity index (χ1v) is 30.7. The van der Waals surface area contributed by atoms with Crippen LogP contribution in [0.1, 0.15) is 144 Å². The van der Waals surface area contributed by atoms with Crippen LogP contribution in [-0.4, -0.2) is 135 Å². The molecule has 0 spiro atoms. The van der Waals surface area contributed by atoms with Gasteiger partial charge in [0.05, 0.1) is 76.4 Å². The lowest BCUT2D eigenvalue weighted by Crippen LogP contribution is -2.57. The molecule has 496 valence electrons. The van der Waals surface area contributed by atoms with Crippen molar-refractivity contribution in [1.29, 1.82) is 0 Å². The number of benzene rings is 3. The van der Waals surface area contributed by atoms with Crippen LogP contribution in [-0.2, 0) is 48.4 Å². The number of hydrogen-bond acceptors (Lipinski definition) is 14. The number of nitrogens with zero attached hydrogens (tertiary/aromatic N) is 6. The maximum absolute atomic E-state index is 13.9. The highest BCUT2D eigenvalue weighted by Crippen LogP contribution is 2.43. The van der Waals surface area contributed by atoms with Crippen molar-refractivity contribution < 1.29 is 83.2 Å². The van der Waals surface area contributed by atoms with Gasteiger partial charge in [0, 0.05) is 86.3 Å². The van der Waals surface area contributed by atoms with E-state index in [0.717, 1.165) is 49.9 Å². The number of Topliss-reactive ketones (excluding diaryl/α,β-unsaturated/α-hetero) is 3. The molecular formula is C67H65F7N6O14. The summed E-state index contributed by atoms with van der Waals surface area (Å²) in [5.41, 5.74) is -2.35. The van der Waals surface area contributed by atoms with E-state index in [1.165, 1.54) is 61.2 Å². The number of aryl methyl sites for hydroxylation is 2. The van der Waals surface area contributed by atoms with Crippen LogP contribution in [0, 0.1) is 46.6 Å². The molecular weight excluding hydrogens is 1250 g/mol. The molecule has 0 N–H and O–H groups in total. The number of ketones is 3. The first-order chi connectivity index (χ1) is 44.9. The lowest BCUT2D eigenvalue weighted by atomic mass is 9.90.